The minimum Gasteiger partial charge on any atom is -0.481 e. The van der Waals surface area contributed by atoms with Gasteiger partial charge in [0.25, 0.3) is 0 Å². The van der Waals surface area contributed by atoms with Crippen molar-refractivity contribution >= 4 is 21.9 Å². The van der Waals surface area contributed by atoms with E-state index in [1.54, 1.807) is 13.0 Å². The number of rotatable bonds is 3. The van der Waals surface area contributed by atoms with Gasteiger partial charge >= 0.3 is 5.97 Å². The van der Waals surface area contributed by atoms with Crippen LogP contribution >= 0.6 is 15.9 Å². The zero-order chi connectivity index (χ0) is 10.7. The number of carboxylic acids is 1. The molecule has 0 radical (unpaired) electrons. The molecular formula is C9H9BrFNO2. The van der Waals surface area contributed by atoms with Crippen molar-refractivity contribution in [3.8, 4) is 0 Å². The van der Waals surface area contributed by atoms with Gasteiger partial charge in [0.2, 0.25) is 5.95 Å². The van der Waals surface area contributed by atoms with E-state index in [9.17, 15) is 9.18 Å². The van der Waals surface area contributed by atoms with Crippen molar-refractivity contribution in [2.75, 3.05) is 0 Å². The second-order valence-electron chi connectivity index (χ2n) is 3.03. The van der Waals surface area contributed by atoms with Crippen LogP contribution in [0.1, 0.15) is 24.8 Å². The van der Waals surface area contributed by atoms with Gasteiger partial charge in [-0.05, 0) is 27.9 Å². The largest absolute Gasteiger partial charge is 0.481 e. The van der Waals surface area contributed by atoms with Crippen molar-refractivity contribution in [2.24, 2.45) is 0 Å². The lowest BCUT2D eigenvalue weighted by Gasteiger charge is -2.09. The molecule has 1 aromatic heterocycles. The number of nitrogens with zero attached hydrogens (tertiary/aromatic N) is 1. The molecule has 0 aliphatic heterocycles. The van der Waals surface area contributed by atoms with Gasteiger partial charge in [-0.15, -0.1) is 0 Å². The zero-order valence-corrected chi connectivity index (χ0v) is 9.08. The van der Waals surface area contributed by atoms with Crippen LogP contribution in [-0.4, -0.2) is 16.1 Å². The Hall–Kier alpha value is -0.970. The Morgan fingerprint density at radius 2 is 2.43 bits per heavy atom. The van der Waals surface area contributed by atoms with Crippen LogP contribution < -0.4 is 0 Å². The van der Waals surface area contributed by atoms with Gasteiger partial charge in [0.05, 0.1) is 6.42 Å². The zero-order valence-electron chi connectivity index (χ0n) is 7.50. The molecule has 0 saturated heterocycles. The van der Waals surface area contributed by atoms with E-state index in [0.717, 1.165) is 0 Å². The van der Waals surface area contributed by atoms with Crippen molar-refractivity contribution in [3.63, 3.8) is 0 Å². The molecule has 0 spiro atoms. The maximum absolute atomic E-state index is 13.1. The highest BCUT2D eigenvalue weighted by Crippen LogP contribution is 2.23. The second kappa shape index (κ2) is 4.50. The average Bonchev–Trinajstić information content (AvgIpc) is 2.08. The molecule has 1 heterocycles. The van der Waals surface area contributed by atoms with Gasteiger partial charge in [0.1, 0.15) is 0 Å². The van der Waals surface area contributed by atoms with Gasteiger partial charge < -0.3 is 5.11 Å². The van der Waals surface area contributed by atoms with Crippen molar-refractivity contribution in [1.29, 1.82) is 0 Å². The van der Waals surface area contributed by atoms with Crippen molar-refractivity contribution in [3.05, 3.63) is 28.2 Å². The summed E-state index contributed by atoms with van der Waals surface area (Å²) in [4.78, 5) is 13.9. The summed E-state index contributed by atoms with van der Waals surface area (Å²) >= 11 is 3.15. The van der Waals surface area contributed by atoms with Crippen molar-refractivity contribution in [2.45, 2.75) is 19.3 Å². The fourth-order valence-electron chi connectivity index (χ4n) is 1.16. The molecule has 0 bridgehead atoms. The molecule has 0 fully saturated rings. The van der Waals surface area contributed by atoms with E-state index in [1.807, 2.05) is 0 Å². The first kappa shape index (κ1) is 11.1. The lowest BCUT2D eigenvalue weighted by atomic mass is 9.99. The minimum absolute atomic E-state index is 0.102. The fraction of sp³-hybridized carbons (Fsp3) is 0.333. The number of aromatic nitrogens is 1. The fourth-order valence-corrected chi connectivity index (χ4v) is 1.50. The number of halogens is 2. The van der Waals surface area contributed by atoms with Crippen molar-refractivity contribution in [1.82, 2.24) is 4.98 Å². The van der Waals surface area contributed by atoms with E-state index in [2.05, 4.69) is 20.9 Å². The summed E-state index contributed by atoms with van der Waals surface area (Å²) in [5.41, 5.74) is 0.321. The molecule has 1 rings (SSSR count). The van der Waals surface area contributed by atoms with Crippen molar-refractivity contribution < 1.29 is 14.3 Å². The van der Waals surface area contributed by atoms with Crippen LogP contribution in [0.2, 0.25) is 0 Å². The molecule has 0 saturated carbocycles. The third kappa shape index (κ3) is 2.77. The predicted molar refractivity (Wildman–Crippen MR) is 52.6 cm³/mol. The number of pyridine rings is 1. The minimum atomic E-state index is -0.947. The van der Waals surface area contributed by atoms with E-state index in [-0.39, 0.29) is 12.3 Å². The Labute approximate surface area is 89.1 Å². The molecular weight excluding hydrogens is 253 g/mol. The van der Waals surface area contributed by atoms with Gasteiger partial charge in [0, 0.05) is 16.2 Å². The van der Waals surface area contributed by atoms with Crippen LogP contribution in [0.25, 0.3) is 0 Å². The molecule has 0 aromatic carbocycles. The van der Waals surface area contributed by atoms with Crippen LogP contribution in [0.4, 0.5) is 4.39 Å². The summed E-state index contributed by atoms with van der Waals surface area (Å²) in [7, 11) is 0. The molecule has 14 heavy (non-hydrogen) atoms. The number of carboxylic acid groups (broad SMARTS) is 1. The number of carbonyl (C=O) groups is 1. The van der Waals surface area contributed by atoms with E-state index in [1.165, 1.54) is 6.20 Å². The van der Waals surface area contributed by atoms with Crippen LogP contribution in [0.5, 0.6) is 0 Å². The molecule has 3 nitrogen and oxygen atoms in total. The lowest BCUT2D eigenvalue weighted by molar-refractivity contribution is -0.137. The van der Waals surface area contributed by atoms with E-state index in [0.29, 0.717) is 10.0 Å². The Kier molecular flexibility index (Phi) is 3.57. The summed E-state index contributed by atoms with van der Waals surface area (Å²) in [6, 6.07) is 1.55. The second-order valence-corrected chi connectivity index (χ2v) is 3.95. The summed E-state index contributed by atoms with van der Waals surface area (Å²) in [6.45, 7) is 1.65. The third-order valence-electron chi connectivity index (χ3n) is 1.84. The Morgan fingerprint density at radius 1 is 1.79 bits per heavy atom. The van der Waals surface area contributed by atoms with E-state index in [4.69, 9.17) is 5.11 Å². The molecule has 0 aliphatic rings. The monoisotopic (exact) mass is 261 g/mol. The van der Waals surface area contributed by atoms with Gasteiger partial charge in [0.15, 0.2) is 0 Å². The highest BCUT2D eigenvalue weighted by molar-refractivity contribution is 9.10. The Bertz CT molecular complexity index is 357. The van der Waals surface area contributed by atoms with E-state index >= 15 is 0 Å². The topological polar surface area (TPSA) is 50.2 Å². The highest BCUT2D eigenvalue weighted by atomic mass is 79.9. The van der Waals surface area contributed by atoms with E-state index < -0.39 is 11.9 Å². The summed E-state index contributed by atoms with van der Waals surface area (Å²) in [5, 5.41) is 8.55. The lowest BCUT2D eigenvalue weighted by Crippen LogP contribution is -2.05. The van der Waals surface area contributed by atoms with Gasteiger partial charge in [-0.1, -0.05) is 6.92 Å². The smallest absolute Gasteiger partial charge is 0.303 e. The molecule has 1 aromatic rings. The van der Waals surface area contributed by atoms with Crippen LogP contribution in [-0.2, 0) is 4.79 Å². The summed E-state index contributed by atoms with van der Waals surface area (Å²) in [6.07, 6.45) is 1.24. The highest BCUT2D eigenvalue weighted by Gasteiger charge is 2.15. The van der Waals surface area contributed by atoms with Gasteiger partial charge in [-0.25, -0.2) is 4.98 Å². The number of hydrogen-bond acceptors (Lipinski definition) is 2. The Balaban J connectivity index is 2.93. The molecule has 1 unspecified atom stereocenters. The first-order valence-electron chi connectivity index (χ1n) is 4.03. The predicted octanol–water partition coefficient (Wildman–Crippen LogP) is 2.56. The van der Waals surface area contributed by atoms with Crippen LogP contribution in [0.3, 0.4) is 0 Å². The molecule has 1 atom stereocenters. The first-order chi connectivity index (χ1) is 6.50. The maximum Gasteiger partial charge on any atom is 0.303 e. The Morgan fingerprint density at radius 3 is 3.00 bits per heavy atom. The maximum atomic E-state index is 13.1. The number of aliphatic carboxylic acids is 1. The summed E-state index contributed by atoms with van der Waals surface area (Å²) in [5.74, 6) is -1.93. The quantitative estimate of drug-likeness (QED) is 0.851. The van der Waals surface area contributed by atoms with Gasteiger partial charge in [-0.3, -0.25) is 4.79 Å². The molecule has 76 valence electrons. The average molecular weight is 262 g/mol. The normalized spacial score (nSPS) is 12.5. The molecule has 1 N–H and O–H groups in total. The van der Waals surface area contributed by atoms with Gasteiger partial charge in [-0.2, -0.15) is 4.39 Å². The standard InChI is InChI=1S/C9H9BrFNO2/c1-5(2-8(13)14)7-3-6(10)4-12-9(7)11/h3-5H,2H2,1H3,(H,13,14). The summed E-state index contributed by atoms with van der Waals surface area (Å²) < 4.78 is 13.8. The van der Waals surface area contributed by atoms with Crippen LogP contribution in [0.15, 0.2) is 16.7 Å². The SMILES string of the molecule is CC(CC(=O)O)c1cc(Br)cnc1F. The first-order valence-corrected chi connectivity index (χ1v) is 4.82. The molecule has 0 amide bonds. The number of hydrogen-bond donors (Lipinski definition) is 1. The third-order valence-corrected chi connectivity index (χ3v) is 2.28. The van der Waals surface area contributed by atoms with Crippen LogP contribution in [0, 0.1) is 5.95 Å². The molecule has 0 aliphatic carbocycles. The molecule has 5 heteroatoms.